The number of ether oxygens (including phenoxy) is 6. The molecule has 0 radical (unpaired) electrons. The van der Waals surface area contributed by atoms with Crippen molar-refractivity contribution in [2.45, 2.75) is 122 Å². The van der Waals surface area contributed by atoms with Crippen LogP contribution in [0.15, 0.2) is 18.2 Å². The fourth-order valence-electron chi connectivity index (χ4n) is 8.72. The Kier molecular flexibility index (Phi) is 16.4. The van der Waals surface area contributed by atoms with Crippen molar-refractivity contribution in [1.29, 1.82) is 0 Å². The van der Waals surface area contributed by atoms with Gasteiger partial charge >= 0.3 is 0 Å². The Morgan fingerprint density at radius 3 is 2.24 bits per heavy atom. The highest BCUT2D eigenvalue weighted by molar-refractivity contribution is 6.74. The maximum atomic E-state index is 7.26. The fourth-order valence-corrected chi connectivity index (χ4v) is 10.2. The van der Waals surface area contributed by atoms with E-state index in [9.17, 15) is 0 Å². The summed E-state index contributed by atoms with van der Waals surface area (Å²) in [6.45, 7) is 20.4. The van der Waals surface area contributed by atoms with Crippen LogP contribution in [0.4, 0.5) is 0 Å². The van der Waals surface area contributed by atoms with Crippen molar-refractivity contribution < 1.29 is 32.8 Å². The van der Waals surface area contributed by atoms with Gasteiger partial charge in [-0.1, -0.05) is 53.0 Å². The summed E-state index contributed by atoms with van der Waals surface area (Å²) in [5, 5.41) is 0.234. The topological polar surface area (TPSA) is 90.6 Å². The van der Waals surface area contributed by atoms with Crippen LogP contribution in [0.2, 0.25) is 18.1 Å². The quantitative estimate of drug-likeness (QED) is 0.0694. The van der Waals surface area contributed by atoms with E-state index in [2.05, 4.69) is 59.0 Å². The van der Waals surface area contributed by atoms with E-state index in [1.54, 1.807) is 12.7 Å². The highest BCUT2D eigenvalue weighted by Gasteiger charge is 2.58. The van der Waals surface area contributed by atoms with Gasteiger partial charge < -0.3 is 38.6 Å². The molecule has 6 atom stereocenters. The molecule has 0 spiro atoms. The molecular formula is C40H71NO7Si. The van der Waals surface area contributed by atoms with Crippen molar-refractivity contribution in [2.75, 3.05) is 73.3 Å². The molecule has 0 aliphatic heterocycles. The van der Waals surface area contributed by atoms with Crippen LogP contribution in [-0.2, 0) is 34.5 Å². The van der Waals surface area contributed by atoms with Gasteiger partial charge in [0.1, 0.15) is 5.75 Å². The third-order valence-electron chi connectivity index (χ3n) is 12.4. The predicted octanol–water partition coefficient (Wildman–Crippen LogP) is 8.12. The molecule has 0 saturated heterocycles. The summed E-state index contributed by atoms with van der Waals surface area (Å²) >= 11 is 0. The van der Waals surface area contributed by atoms with Crippen LogP contribution in [0.3, 0.4) is 0 Å². The SMILES string of the molecule is COCCOCOc1ccc2c(c1)C[C@@H](CCCCCCOCCOCCOCCN)[C@@H]1[C@@H]2CC[C@]2(C)[C@@H](O[Si](C)(C)C(C)(C)C)CC[C@@H]12. The van der Waals surface area contributed by atoms with Gasteiger partial charge in [-0.2, -0.15) is 0 Å². The highest BCUT2D eigenvalue weighted by atomic mass is 28.4. The summed E-state index contributed by atoms with van der Waals surface area (Å²) in [4.78, 5) is 0. The van der Waals surface area contributed by atoms with E-state index in [1.807, 2.05) is 0 Å². The predicted molar refractivity (Wildman–Crippen MR) is 200 cm³/mol. The second-order valence-corrected chi connectivity index (χ2v) is 21.4. The number of unbranched alkanes of at least 4 members (excludes halogenated alkanes) is 3. The molecule has 0 aromatic heterocycles. The number of hydrogen-bond donors (Lipinski definition) is 1. The van der Waals surface area contributed by atoms with Crippen molar-refractivity contribution in [3.63, 3.8) is 0 Å². The number of rotatable bonds is 23. The van der Waals surface area contributed by atoms with Gasteiger partial charge in [0.05, 0.1) is 52.4 Å². The van der Waals surface area contributed by atoms with Crippen LogP contribution in [0.1, 0.15) is 103 Å². The van der Waals surface area contributed by atoms with Gasteiger partial charge in [-0.15, -0.1) is 0 Å². The van der Waals surface area contributed by atoms with E-state index in [0.29, 0.717) is 70.7 Å². The molecule has 1 aromatic rings. The first-order valence-electron chi connectivity index (χ1n) is 19.4. The molecule has 49 heavy (non-hydrogen) atoms. The molecule has 0 unspecified atom stereocenters. The van der Waals surface area contributed by atoms with Crippen molar-refractivity contribution in [2.24, 2.45) is 28.9 Å². The van der Waals surface area contributed by atoms with Gasteiger partial charge in [0, 0.05) is 20.3 Å². The van der Waals surface area contributed by atoms with E-state index >= 15 is 0 Å². The van der Waals surface area contributed by atoms with Crippen LogP contribution < -0.4 is 10.5 Å². The number of methoxy groups -OCH3 is 1. The third-order valence-corrected chi connectivity index (χ3v) is 16.9. The summed E-state index contributed by atoms with van der Waals surface area (Å²) in [5.41, 5.74) is 8.78. The summed E-state index contributed by atoms with van der Waals surface area (Å²) in [6, 6.07) is 6.88. The Balaban J connectivity index is 1.35. The van der Waals surface area contributed by atoms with E-state index in [-0.39, 0.29) is 17.2 Å². The molecule has 0 amide bonds. The summed E-state index contributed by atoms with van der Waals surface area (Å²) in [6.07, 6.45) is 12.8. The Morgan fingerprint density at radius 1 is 0.837 bits per heavy atom. The lowest BCUT2D eigenvalue weighted by molar-refractivity contribution is -0.0346. The molecule has 4 rings (SSSR count). The Labute approximate surface area is 299 Å². The molecule has 3 aliphatic rings. The zero-order chi connectivity index (χ0) is 35.3. The van der Waals surface area contributed by atoms with Crippen LogP contribution in [0.25, 0.3) is 0 Å². The first kappa shape index (κ1) is 40.7. The second-order valence-electron chi connectivity index (χ2n) is 16.6. The Hall–Kier alpha value is -1.04. The van der Waals surface area contributed by atoms with Crippen LogP contribution in [0.5, 0.6) is 5.75 Å². The molecule has 282 valence electrons. The number of hydrogen-bond acceptors (Lipinski definition) is 8. The lowest BCUT2D eigenvalue weighted by Crippen LogP contribution is -2.51. The highest BCUT2D eigenvalue weighted by Crippen LogP contribution is 2.64. The lowest BCUT2D eigenvalue weighted by Gasteiger charge is -2.54. The van der Waals surface area contributed by atoms with Crippen molar-refractivity contribution in [3.05, 3.63) is 29.3 Å². The van der Waals surface area contributed by atoms with Crippen LogP contribution in [0, 0.1) is 23.2 Å². The molecule has 9 heteroatoms. The number of nitrogens with two attached hydrogens (primary N) is 1. The molecule has 2 saturated carbocycles. The van der Waals surface area contributed by atoms with E-state index in [0.717, 1.165) is 37.0 Å². The molecular weight excluding hydrogens is 635 g/mol. The molecule has 2 fully saturated rings. The number of benzene rings is 1. The monoisotopic (exact) mass is 705 g/mol. The molecule has 1 aromatic carbocycles. The maximum Gasteiger partial charge on any atom is 0.192 e. The average Bonchev–Trinajstić information content (AvgIpc) is 3.39. The standard InChI is InChI=1S/C40H71NO7Si/c1-39(2,3)49(6,7)48-37-16-15-36-38-31(12-10-8-9-11-20-43-24-26-45-27-25-44-21-19-41)28-32-29-33(47-30-46-23-22-42-5)13-14-34(32)35(38)17-18-40(36,37)4/h13-14,29,31,35-38H,8-12,15-28,30,41H2,1-7H3/t31-,35-,36+,37+,38-,40+/m1/s1. The lowest BCUT2D eigenvalue weighted by atomic mass is 9.52. The zero-order valence-corrected chi connectivity index (χ0v) is 33.2. The van der Waals surface area contributed by atoms with E-state index in [4.69, 9.17) is 38.6 Å². The van der Waals surface area contributed by atoms with Gasteiger partial charge in [0.2, 0.25) is 0 Å². The van der Waals surface area contributed by atoms with E-state index in [1.165, 1.54) is 56.9 Å². The van der Waals surface area contributed by atoms with Crippen molar-refractivity contribution in [1.82, 2.24) is 0 Å². The average molecular weight is 706 g/mol. The Bertz CT molecular complexity index is 1100. The van der Waals surface area contributed by atoms with Crippen LogP contribution in [-0.4, -0.2) is 87.7 Å². The van der Waals surface area contributed by atoms with Gasteiger partial charge in [-0.25, -0.2) is 0 Å². The summed E-state index contributed by atoms with van der Waals surface area (Å²) < 4.78 is 40.7. The van der Waals surface area contributed by atoms with E-state index < -0.39 is 8.32 Å². The first-order valence-corrected chi connectivity index (χ1v) is 22.4. The van der Waals surface area contributed by atoms with Crippen LogP contribution >= 0.6 is 0 Å². The minimum atomic E-state index is -1.85. The normalized spacial score (nSPS) is 26.7. The number of fused-ring (bicyclic) bond motifs is 5. The third kappa shape index (κ3) is 11.2. The minimum absolute atomic E-state index is 0.234. The molecule has 2 N–H and O–H groups in total. The second kappa shape index (κ2) is 19.7. The molecule has 8 nitrogen and oxygen atoms in total. The minimum Gasteiger partial charge on any atom is -0.468 e. The van der Waals surface area contributed by atoms with Gasteiger partial charge in [0.25, 0.3) is 0 Å². The summed E-state index contributed by atoms with van der Waals surface area (Å²) in [7, 11) is -0.157. The zero-order valence-electron chi connectivity index (χ0n) is 32.2. The smallest absolute Gasteiger partial charge is 0.192 e. The van der Waals surface area contributed by atoms with Gasteiger partial charge in [-0.3, -0.25) is 0 Å². The molecule has 0 heterocycles. The molecule has 0 bridgehead atoms. The first-order chi connectivity index (χ1) is 23.5. The maximum absolute atomic E-state index is 7.26. The van der Waals surface area contributed by atoms with Gasteiger partial charge in [-0.05, 0) is 115 Å². The van der Waals surface area contributed by atoms with Crippen molar-refractivity contribution in [3.8, 4) is 5.75 Å². The largest absolute Gasteiger partial charge is 0.468 e. The van der Waals surface area contributed by atoms with Crippen molar-refractivity contribution >= 4 is 8.32 Å². The molecule has 3 aliphatic carbocycles. The Morgan fingerprint density at radius 2 is 1.53 bits per heavy atom. The fraction of sp³-hybridized carbons (Fsp3) is 0.850. The van der Waals surface area contributed by atoms with Gasteiger partial charge in [0.15, 0.2) is 15.1 Å². The summed E-state index contributed by atoms with van der Waals surface area (Å²) in [5.74, 6) is 3.71.